The quantitative estimate of drug-likeness (QED) is 0.725. The summed E-state index contributed by atoms with van der Waals surface area (Å²) in [5.41, 5.74) is 2.41. The van der Waals surface area contributed by atoms with Gasteiger partial charge in [-0.1, -0.05) is 29.8 Å². The van der Waals surface area contributed by atoms with Crippen LogP contribution in [-0.4, -0.2) is 27.8 Å². The molecular weight excluding hydrogens is 349 g/mol. The van der Waals surface area contributed by atoms with Crippen LogP contribution in [0.5, 0.6) is 5.75 Å². The van der Waals surface area contributed by atoms with Crippen molar-refractivity contribution in [3.63, 3.8) is 0 Å². The minimum absolute atomic E-state index is 0.0164. The Balaban J connectivity index is 1.83. The van der Waals surface area contributed by atoms with Gasteiger partial charge in [-0.05, 0) is 30.7 Å². The van der Waals surface area contributed by atoms with Crippen molar-refractivity contribution in [2.45, 2.75) is 17.6 Å². The number of thioether (sulfide) groups is 1. The number of rotatable bonds is 8. The normalized spacial score (nSPS) is 11.5. The Bertz CT molecular complexity index is 794. The average Bonchev–Trinajstić information content (AvgIpc) is 2.54. The van der Waals surface area contributed by atoms with Crippen LogP contribution < -0.4 is 9.46 Å². The molecular formula is C17H20FNO3S2. The van der Waals surface area contributed by atoms with Gasteiger partial charge >= 0.3 is 0 Å². The molecule has 0 saturated heterocycles. The fourth-order valence-corrected chi connectivity index (χ4v) is 4.12. The predicted molar refractivity (Wildman–Crippen MR) is 95.5 cm³/mol. The summed E-state index contributed by atoms with van der Waals surface area (Å²) in [6.45, 7) is 2.32. The number of hydrogen-bond acceptors (Lipinski definition) is 4. The molecule has 0 spiro atoms. The Morgan fingerprint density at radius 2 is 2.00 bits per heavy atom. The number of halogens is 1. The van der Waals surface area contributed by atoms with E-state index < -0.39 is 15.8 Å². The molecule has 2 aromatic carbocycles. The molecule has 0 bridgehead atoms. The van der Waals surface area contributed by atoms with E-state index in [2.05, 4.69) is 10.8 Å². The van der Waals surface area contributed by atoms with Gasteiger partial charge in [-0.2, -0.15) is 11.8 Å². The highest BCUT2D eigenvalue weighted by atomic mass is 32.2. The number of ether oxygens (including phenoxy) is 1. The van der Waals surface area contributed by atoms with Gasteiger partial charge in [-0.25, -0.2) is 17.5 Å². The average molecular weight is 369 g/mol. The maximum atomic E-state index is 13.6. The zero-order valence-corrected chi connectivity index (χ0v) is 15.2. The highest BCUT2D eigenvalue weighted by Crippen LogP contribution is 2.20. The van der Waals surface area contributed by atoms with Gasteiger partial charge in [0.05, 0.1) is 12.0 Å². The molecule has 0 atom stereocenters. The molecule has 2 rings (SSSR count). The van der Waals surface area contributed by atoms with Crippen LogP contribution in [0.2, 0.25) is 0 Å². The first-order valence-corrected chi connectivity index (χ1v) is 10.0. The van der Waals surface area contributed by atoms with Crippen molar-refractivity contribution in [1.82, 2.24) is 4.72 Å². The van der Waals surface area contributed by atoms with E-state index in [0.29, 0.717) is 5.75 Å². The Morgan fingerprint density at radius 3 is 2.67 bits per heavy atom. The van der Waals surface area contributed by atoms with Crippen molar-refractivity contribution < 1.29 is 17.5 Å². The molecule has 1 N–H and O–H groups in total. The van der Waals surface area contributed by atoms with Crippen molar-refractivity contribution in [3.05, 3.63) is 59.4 Å². The van der Waals surface area contributed by atoms with Crippen molar-refractivity contribution in [2.75, 3.05) is 19.4 Å². The lowest BCUT2D eigenvalue weighted by Crippen LogP contribution is -2.26. The molecule has 0 aromatic heterocycles. The summed E-state index contributed by atoms with van der Waals surface area (Å²) in [7, 11) is -2.39. The molecule has 0 aliphatic carbocycles. The van der Waals surface area contributed by atoms with Gasteiger partial charge in [-0.3, -0.25) is 0 Å². The van der Waals surface area contributed by atoms with Gasteiger partial charge in [-0.15, -0.1) is 0 Å². The second-order valence-electron chi connectivity index (χ2n) is 5.24. The van der Waals surface area contributed by atoms with E-state index in [0.717, 1.165) is 11.8 Å². The van der Waals surface area contributed by atoms with E-state index >= 15 is 0 Å². The second-order valence-corrected chi connectivity index (χ2v) is 8.11. The van der Waals surface area contributed by atoms with Crippen LogP contribution in [0.15, 0.2) is 47.4 Å². The molecule has 24 heavy (non-hydrogen) atoms. The predicted octanol–water partition coefficient (Wildman–Crippen LogP) is 3.35. The molecule has 0 heterocycles. The molecule has 2 aromatic rings. The third-order valence-corrected chi connectivity index (χ3v) is 5.81. The van der Waals surface area contributed by atoms with Gasteiger partial charge in [0, 0.05) is 18.1 Å². The number of nitrogens with one attached hydrogen (secondary N) is 1. The number of methoxy groups -OCH3 is 1. The van der Waals surface area contributed by atoms with Gasteiger partial charge in [0.15, 0.2) is 11.6 Å². The van der Waals surface area contributed by atoms with E-state index in [4.69, 9.17) is 4.74 Å². The summed E-state index contributed by atoms with van der Waals surface area (Å²) in [6.07, 6.45) is 0. The lowest BCUT2D eigenvalue weighted by molar-refractivity contribution is 0.385. The van der Waals surface area contributed by atoms with Crippen molar-refractivity contribution in [1.29, 1.82) is 0 Å². The fraction of sp³-hybridized carbons (Fsp3) is 0.294. The van der Waals surface area contributed by atoms with Crippen LogP contribution in [0.25, 0.3) is 0 Å². The Hall–Kier alpha value is -1.57. The number of aryl methyl sites for hydroxylation is 1. The molecule has 0 fully saturated rings. The molecule has 0 saturated carbocycles. The smallest absolute Gasteiger partial charge is 0.240 e. The summed E-state index contributed by atoms with van der Waals surface area (Å²) >= 11 is 1.64. The van der Waals surface area contributed by atoms with E-state index in [1.807, 2.05) is 25.1 Å². The minimum atomic E-state index is -3.72. The molecule has 7 heteroatoms. The first-order valence-electron chi connectivity index (χ1n) is 7.39. The zero-order chi connectivity index (χ0) is 17.6. The summed E-state index contributed by atoms with van der Waals surface area (Å²) in [6, 6.07) is 11.8. The molecule has 0 aliphatic rings. The van der Waals surface area contributed by atoms with Crippen LogP contribution in [-0.2, 0) is 15.8 Å². The van der Waals surface area contributed by atoms with Crippen molar-refractivity contribution in [3.8, 4) is 5.75 Å². The third-order valence-electron chi connectivity index (χ3n) is 3.32. The summed E-state index contributed by atoms with van der Waals surface area (Å²) in [5, 5.41) is 0. The van der Waals surface area contributed by atoms with Gasteiger partial charge in [0.25, 0.3) is 0 Å². The molecule has 0 radical (unpaired) electrons. The van der Waals surface area contributed by atoms with E-state index in [1.165, 1.54) is 30.4 Å². The summed E-state index contributed by atoms with van der Waals surface area (Å²) < 4.78 is 45.2. The highest BCUT2D eigenvalue weighted by Gasteiger charge is 2.16. The fourth-order valence-electron chi connectivity index (χ4n) is 2.14. The first-order chi connectivity index (χ1) is 11.4. The van der Waals surface area contributed by atoms with Gasteiger partial charge in [0.1, 0.15) is 0 Å². The Morgan fingerprint density at radius 1 is 1.21 bits per heavy atom. The molecule has 4 nitrogen and oxygen atoms in total. The lowest BCUT2D eigenvalue weighted by Gasteiger charge is -2.08. The van der Waals surface area contributed by atoms with Crippen LogP contribution in [0.3, 0.4) is 0 Å². The Kier molecular flexibility index (Phi) is 6.65. The van der Waals surface area contributed by atoms with Crippen LogP contribution >= 0.6 is 11.8 Å². The molecule has 0 aliphatic heterocycles. The topological polar surface area (TPSA) is 55.4 Å². The molecule has 0 unspecified atom stereocenters. The third kappa shape index (κ3) is 5.22. The number of benzene rings is 2. The van der Waals surface area contributed by atoms with Gasteiger partial charge < -0.3 is 4.74 Å². The maximum Gasteiger partial charge on any atom is 0.240 e. The van der Waals surface area contributed by atoms with Crippen LogP contribution in [0, 0.1) is 12.7 Å². The summed E-state index contributed by atoms with van der Waals surface area (Å²) in [4.78, 5) is -0.107. The van der Waals surface area contributed by atoms with Crippen molar-refractivity contribution in [2.24, 2.45) is 0 Å². The second kappa shape index (κ2) is 8.50. The zero-order valence-electron chi connectivity index (χ0n) is 13.6. The van der Waals surface area contributed by atoms with E-state index in [1.54, 1.807) is 11.8 Å². The van der Waals surface area contributed by atoms with Crippen molar-refractivity contribution >= 4 is 21.8 Å². The minimum Gasteiger partial charge on any atom is -0.494 e. The standard InChI is InChI=1S/C17H20FNO3S2/c1-13-4-3-5-14(10-13)12-23-9-8-19-24(20,21)15-6-7-17(22-2)16(18)11-15/h3-7,10-11,19H,8-9,12H2,1-2H3. The van der Waals surface area contributed by atoms with Crippen LogP contribution in [0.4, 0.5) is 4.39 Å². The molecule has 130 valence electrons. The SMILES string of the molecule is COc1ccc(S(=O)(=O)NCCSCc2cccc(C)c2)cc1F. The monoisotopic (exact) mass is 369 g/mol. The van der Waals surface area contributed by atoms with E-state index in [9.17, 15) is 12.8 Å². The van der Waals surface area contributed by atoms with E-state index in [-0.39, 0.29) is 17.2 Å². The summed E-state index contributed by atoms with van der Waals surface area (Å²) in [5.74, 6) is 0.767. The largest absolute Gasteiger partial charge is 0.494 e. The first kappa shape index (κ1) is 18.8. The number of sulfonamides is 1. The highest BCUT2D eigenvalue weighted by molar-refractivity contribution is 7.98. The number of hydrogen-bond donors (Lipinski definition) is 1. The Labute approximate surface area is 146 Å². The maximum absolute atomic E-state index is 13.6. The van der Waals surface area contributed by atoms with Crippen LogP contribution in [0.1, 0.15) is 11.1 Å². The van der Waals surface area contributed by atoms with Gasteiger partial charge in [0.2, 0.25) is 10.0 Å². The molecule has 0 amide bonds. The lowest BCUT2D eigenvalue weighted by atomic mass is 10.2.